The van der Waals surface area contributed by atoms with Crippen molar-refractivity contribution in [1.82, 2.24) is 4.57 Å². The van der Waals surface area contributed by atoms with Crippen LogP contribution in [0.4, 0.5) is 0 Å². The average Bonchev–Trinajstić information content (AvgIpc) is 2.38. The molecule has 0 bridgehead atoms. The number of esters is 1. The van der Waals surface area contributed by atoms with Gasteiger partial charge in [0, 0.05) is 12.7 Å². The highest BCUT2D eigenvalue weighted by molar-refractivity contribution is 5.92. The molecule has 1 aromatic heterocycles. The molecule has 0 aromatic carbocycles. The second-order valence-corrected chi connectivity index (χ2v) is 3.32. The van der Waals surface area contributed by atoms with Crippen LogP contribution in [0.25, 0.3) is 0 Å². The summed E-state index contributed by atoms with van der Waals surface area (Å²) in [7, 11) is 2.98. The first-order valence-corrected chi connectivity index (χ1v) is 5.94. The standard InChI is InChI=1S/C11H15NO4.C2H6/c1-5-16-11(14)8-6-7(2)12(3)10(13)9(8)15-4;1-2/h6H,5H2,1-4H3;1-2H3. The fourth-order valence-corrected chi connectivity index (χ4v) is 1.36. The van der Waals surface area contributed by atoms with Gasteiger partial charge in [-0.05, 0) is 19.9 Å². The molecule has 0 atom stereocenters. The van der Waals surface area contributed by atoms with Gasteiger partial charge in [0.25, 0.3) is 5.56 Å². The van der Waals surface area contributed by atoms with Crippen LogP contribution in [0.1, 0.15) is 36.8 Å². The molecule has 0 unspecified atom stereocenters. The third kappa shape index (κ3) is 3.35. The lowest BCUT2D eigenvalue weighted by molar-refractivity contribution is 0.0522. The Balaban J connectivity index is 0.00000137. The van der Waals surface area contributed by atoms with E-state index in [0.29, 0.717) is 5.69 Å². The van der Waals surface area contributed by atoms with Gasteiger partial charge in [-0.2, -0.15) is 0 Å². The van der Waals surface area contributed by atoms with Crippen molar-refractivity contribution < 1.29 is 14.3 Å². The zero-order valence-electron chi connectivity index (χ0n) is 11.9. The van der Waals surface area contributed by atoms with Crippen LogP contribution in [-0.2, 0) is 11.8 Å². The second kappa shape index (κ2) is 7.53. The monoisotopic (exact) mass is 255 g/mol. The lowest BCUT2D eigenvalue weighted by atomic mass is 10.2. The first-order valence-electron chi connectivity index (χ1n) is 5.94. The van der Waals surface area contributed by atoms with Crippen LogP contribution in [0, 0.1) is 6.92 Å². The highest BCUT2D eigenvalue weighted by atomic mass is 16.5. The van der Waals surface area contributed by atoms with Crippen LogP contribution in [0.2, 0.25) is 0 Å². The fraction of sp³-hybridized carbons (Fsp3) is 0.538. The lowest BCUT2D eigenvalue weighted by Crippen LogP contribution is -2.24. The Bertz CT molecular complexity index is 463. The average molecular weight is 255 g/mol. The third-order valence-corrected chi connectivity index (χ3v) is 2.33. The van der Waals surface area contributed by atoms with Crippen LogP contribution in [0.3, 0.4) is 0 Å². The molecule has 0 aliphatic carbocycles. The van der Waals surface area contributed by atoms with E-state index < -0.39 is 5.97 Å². The number of carbonyl (C=O) groups is 1. The Labute approximate surface area is 107 Å². The first kappa shape index (κ1) is 16.2. The van der Waals surface area contributed by atoms with Crippen LogP contribution >= 0.6 is 0 Å². The van der Waals surface area contributed by atoms with Crippen molar-refractivity contribution in [2.45, 2.75) is 27.7 Å². The summed E-state index contributed by atoms with van der Waals surface area (Å²) >= 11 is 0. The van der Waals surface area contributed by atoms with E-state index >= 15 is 0 Å². The summed E-state index contributed by atoms with van der Waals surface area (Å²) < 4.78 is 11.2. The van der Waals surface area contributed by atoms with Crippen molar-refractivity contribution in [1.29, 1.82) is 0 Å². The van der Waals surface area contributed by atoms with Crippen molar-refractivity contribution in [2.24, 2.45) is 7.05 Å². The van der Waals surface area contributed by atoms with E-state index in [-0.39, 0.29) is 23.5 Å². The topological polar surface area (TPSA) is 57.5 Å². The molecule has 0 aliphatic rings. The SMILES string of the molecule is CC.CCOC(=O)c1cc(C)n(C)c(=O)c1OC. The molecule has 5 heteroatoms. The molecule has 0 saturated carbocycles. The van der Waals surface area contributed by atoms with Crippen LogP contribution in [0.5, 0.6) is 5.75 Å². The van der Waals surface area contributed by atoms with E-state index in [0.717, 1.165) is 0 Å². The number of aryl methyl sites for hydroxylation is 1. The molecular weight excluding hydrogens is 234 g/mol. The Hall–Kier alpha value is -1.78. The van der Waals surface area contributed by atoms with E-state index in [9.17, 15) is 9.59 Å². The molecule has 102 valence electrons. The van der Waals surface area contributed by atoms with Crippen LogP contribution in [0.15, 0.2) is 10.9 Å². The predicted octanol–water partition coefficient (Wildman–Crippen LogP) is 1.91. The lowest BCUT2D eigenvalue weighted by Gasteiger charge is -2.11. The Morgan fingerprint density at radius 2 is 1.94 bits per heavy atom. The molecule has 1 heterocycles. The van der Waals surface area contributed by atoms with Gasteiger partial charge in [-0.15, -0.1) is 0 Å². The Morgan fingerprint density at radius 3 is 2.39 bits per heavy atom. The van der Waals surface area contributed by atoms with E-state index in [1.165, 1.54) is 11.7 Å². The molecule has 0 N–H and O–H groups in total. The van der Waals surface area contributed by atoms with Crippen LogP contribution < -0.4 is 10.3 Å². The van der Waals surface area contributed by atoms with E-state index in [1.807, 2.05) is 13.8 Å². The largest absolute Gasteiger partial charge is 0.490 e. The number of methoxy groups -OCH3 is 1. The summed E-state index contributed by atoms with van der Waals surface area (Å²) in [6, 6.07) is 1.58. The maximum Gasteiger partial charge on any atom is 0.342 e. The number of aromatic nitrogens is 1. The molecule has 0 aliphatic heterocycles. The highest BCUT2D eigenvalue weighted by Gasteiger charge is 2.18. The zero-order chi connectivity index (χ0) is 14.3. The van der Waals surface area contributed by atoms with Crippen molar-refractivity contribution in [3.05, 3.63) is 27.7 Å². The maximum absolute atomic E-state index is 11.8. The molecule has 0 radical (unpaired) electrons. The minimum Gasteiger partial charge on any atom is -0.490 e. The fourth-order valence-electron chi connectivity index (χ4n) is 1.36. The molecule has 0 saturated heterocycles. The Kier molecular flexibility index (Phi) is 6.78. The third-order valence-electron chi connectivity index (χ3n) is 2.33. The van der Waals surface area contributed by atoms with Gasteiger partial charge in [0.2, 0.25) is 0 Å². The van der Waals surface area contributed by atoms with Gasteiger partial charge in [0.05, 0.1) is 13.7 Å². The smallest absolute Gasteiger partial charge is 0.342 e. The summed E-state index contributed by atoms with van der Waals surface area (Å²) in [4.78, 5) is 23.4. The number of pyridine rings is 1. The van der Waals surface area contributed by atoms with Gasteiger partial charge < -0.3 is 14.0 Å². The van der Waals surface area contributed by atoms with Crippen LogP contribution in [-0.4, -0.2) is 24.3 Å². The van der Waals surface area contributed by atoms with Gasteiger partial charge in [0.15, 0.2) is 5.75 Å². The minimum atomic E-state index is -0.542. The number of hydrogen-bond acceptors (Lipinski definition) is 4. The summed E-state index contributed by atoms with van der Waals surface area (Å²) in [5.41, 5.74) is 0.504. The summed E-state index contributed by atoms with van der Waals surface area (Å²) in [6.07, 6.45) is 0. The number of nitrogens with zero attached hydrogens (tertiary/aromatic N) is 1. The van der Waals surface area contributed by atoms with E-state index in [4.69, 9.17) is 9.47 Å². The van der Waals surface area contributed by atoms with E-state index in [1.54, 1.807) is 27.0 Å². The van der Waals surface area contributed by atoms with Gasteiger partial charge in [-0.25, -0.2) is 4.79 Å². The van der Waals surface area contributed by atoms with Crippen molar-refractivity contribution in [2.75, 3.05) is 13.7 Å². The molecule has 0 fully saturated rings. The van der Waals surface area contributed by atoms with E-state index in [2.05, 4.69) is 0 Å². The van der Waals surface area contributed by atoms with Gasteiger partial charge in [-0.1, -0.05) is 13.8 Å². The summed E-state index contributed by atoms with van der Waals surface area (Å²) in [5.74, 6) is -0.522. The number of ether oxygens (including phenoxy) is 2. The molecule has 1 aromatic rings. The van der Waals surface area contributed by atoms with Gasteiger partial charge in [0.1, 0.15) is 5.56 Å². The summed E-state index contributed by atoms with van der Waals surface area (Å²) in [6.45, 7) is 7.71. The molecule has 0 amide bonds. The second-order valence-electron chi connectivity index (χ2n) is 3.32. The molecule has 5 nitrogen and oxygen atoms in total. The molecular formula is C13H21NO4. The van der Waals surface area contributed by atoms with Gasteiger partial charge >= 0.3 is 5.97 Å². The summed E-state index contributed by atoms with van der Waals surface area (Å²) in [5, 5.41) is 0. The molecule has 1 rings (SSSR count). The normalized spacial score (nSPS) is 9.22. The quantitative estimate of drug-likeness (QED) is 0.774. The molecule has 0 spiro atoms. The predicted molar refractivity (Wildman–Crippen MR) is 70.3 cm³/mol. The zero-order valence-corrected chi connectivity index (χ0v) is 11.9. The Morgan fingerprint density at radius 1 is 1.39 bits per heavy atom. The van der Waals surface area contributed by atoms with Crippen molar-refractivity contribution in [3.63, 3.8) is 0 Å². The first-order chi connectivity index (χ1) is 8.52. The van der Waals surface area contributed by atoms with Gasteiger partial charge in [-0.3, -0.25) is 4.79 Å². The highest BCUT2D eigenvalue weighted by Crippen LogP contribution is 2.15. The minimum absolute atomic E-state index is 0.0200. The van der Waals surface area contributed by atoms with Crippen molar-refractivity contribution in [3.8, 4) is 5.75 Å². The molecule has 18 heavy (non-hydrogen) atoms. The number of carbonyl (C=O) groups excluding carboxylic acids is 1. The number of hydrogen-bond donors (Lipinski definition) is 0. The van der Waals surface area contributed by atoms with Crippen molar-refractivity contribution >= 4 is 5.97 Å². The maximum atomic E-state index is 11.8. The number of rotatable bonds is 3.